The molecule has 6 heteroatoms. The molecule has 0 saturated heterocycles. The van der Waals surface area contributed by atoms with Crippen LogP contribution in [-0.4, -0.2) is 43.5 Å². The normalized spacial score (nSPS) is 12.5. The van der Waals surface area contributed by atoms with Crippen LogP contribution < -0.4 is 10.1 Å². The molecule has 5 nitrogen and oxygen atoms in total. The molecule has 0 spiro atoms. The Morgan fingerprint density at radius 1 is 1.27 bits per heavy atom. The average Bonchev–Trinajstić information content (AvgIpc) is 2.94. The van der Waals surface area contributed by atoms with Crippen LogP contribution in [0, 0.1) is 12.8 Å². The highest BCUT2D eigenvalue weighted by atomic mass is 32.1. The number of methoxy groups -OCH3 is 1. The second-order valence-electron chi connectivity index (χ2n) is 7.08. The first kappa shape index (κ1) is 20.4. The van der Waals surface area contributed by atoms with Gasteiger partial charge < -0.3 is 15.0 Å². The van der Waals surface area contributed by atoms with Crippen LogP contribution in [0.3, 0.4) is 0 Å². The SMILES string of the molecule is COc1ccc(C(CNC(=O)c2sc(CC(C)C)nc2C)N(C)C)cc1. The van der Waals surface area contributed by atoms with Crippen molar-refractivity contribution in [1.82, 2.24) is 15.2 Å². The highest BCUT2D eigenvalue weighted by Crippen LogP contribution is 2.23. The number of hydrogen-bond donors (Lipinski definition) is 1. The molecule has 142 valence electrons. The first-order chi connectivity index (χ1) is 12.3. The van der Waals surface area contributed by atoms with Crippen molar-refractivity contribution in [3.05, 3.63) is 45.4 Å². The summed E-state index contributed by atoms with van der Waals surface area (Å²) in [5, 5.41) is 4.10. The van der Waals surface area contributed by atoms with Gasteiger partial charge in [0, 0.05) is 13.0 Å². The summed E-state index contributed by atoms with van der Waals surface area (Å²) in [5.74, 6) is 1.31. The van der Waals surface area contributed by atoms with Gasteiger partial charge in [0.2, 0.25) is 0 Å². The van der Waals surface area contributed by atoms with Gasteiger partial charge in [0.1, 0.15) is 10.6 Å². The maximum absolute atomic E-state index is 12.6. The largest absolute Gasteiger partial charge is 0.497 e. The zero-order valence-electron chi connectivity index (χ0n) is 16.5. The number of rotatable bonds is 8. The third-order valence-corrected chi connectivity index (χ3v) is 5.39. The molecule has 1 unspecified atom stereocenters. The van der Waals surface area contributed by atoms with Gasteiger partial charge in [0.25, 0.3) is 5.91 Å². The lowest BCUT2D eigenvalue weighted by Crippen LogP contribution is -2.34. The molecule has 2 aromatic rings. The predicted molar refractivity (Wildman–Crippen MR) is 107 cm³/mol. The zero-order valence-corrected chi connectivity index (χ0v) is 17.3. The first-order valence-corrected chi connectivity index (χ1v) is 9.68. The van der Waals surface area contributed by atoms with Crippen LogP contribution in [0.5, 0.6) is 5.75 Å². The van der Waals surface area contributed by atoms with Gasteiger partial charge in [-0.3, -0.25) is 4.79 Å². The van der Waals surface area contributed by atoms with E-state index in [-0.39, 0.29) is 11.9 Å². The van der Waals surface area contributed by atoms with E-state index in [1.165, 1.54) is 11.3 Å². The molecule has 0 saturated carbocycles. The summed E-state index contributed by atoms with van der Waals surface area (Å²) < 4.78 is 5.22. The van der Waals surface area contributed by atoms with Gasteiger partial charge in [-0.1, -0.05) is 26.0 Å². The molecular formula is C20H29N3O2S. The predicted octanol–water partition coefficient (Wildman–Crippen LogP) is 3.69. The van der Waals surface area contributed by atoms with Crippen molar-refractivity contribution in [2.45, 2.75) is 33.2 Å². The van der Waals surface area contributed by atoms with Crippen molar-refractivity contribution in [1.29, 1.82) is 0 Å². The van der Waals surface area contributed by atoms with E-state index in [0.717, 1.165) is 28.4 Å². The fourth-order valence-corrected chi connectivity index (χ4v) is 3.99. The van der Waals surface area contributed by atoms with Crippen LogP contribution in [0.1, 0.15) is 45.8 Å². The maximum Gasteiger partial charge on any atom is 0.263 e. The fraction of sp³-hybridized carbons (Fsp3) is 0.500. The Morgan fingerprint density at radius 2 is 1.92 bits per heavy atom. The molecule has 1 aromatic carbocycles. The number of carbonyl (C=O) groups excluding carboxylic acids is 1. The minimum absolute atomic E-state index is 0.0460. The smallest absolute Gasteiger partial charge is 0.263 e. The van der Waals surface area contributed by atoms with Crippen molar-refractivity contribution in [2.24, 2.45) is 5.92 Å². The Morgan fingerprint density at radius 3 is 2.46 bits per heavy atom. The summed E-state index contributed by atoms with van der Waals surface area (Å²) in [4.78, 5) is 20.0. The minimum atomic E-state index is -0.0460. The molecule has 1 aromatic heterocycles. The second-order valence-corrected chi connectivity index (χ2v) is 8.17. The van der Waals surface area contributed by atoms with Crippen LogP contribution in [0.4, 0.5) is 0 Å². The van der Waals surface area contributed by atoms with E-state index in [2.05, 4.69) is 29.0 Å². The standard InChI is InChI=1S/C20H29N3O2S/c1-13(2)11-18-22-14(3)19(26-18)20(24)21-12-17(23(4)5)15-7-9-16(25-6)10-8-15/h7-10,13,17H,11-12H2,1-6H3,(H,21,24). The van der Waals surface area contributed by atoms with E-state index in [0.29, 0.717) is 17.3 Å². The molecule has 2 rings (SSSR count). The molecule has 1 amide bonds. The summed E-state index contributed by atoms with van der Waals surface area (Å²) in [6.45, 7) is 6.76. The summed E-state index contributed by atoms with van der Waals surface area (Å²) in [6.07, 6.45) is 0.908. The van der Waals surface area contributed by atoms with Crippen molar-refractivity contribution in [2.75, 3.05) is 27.7 Å². The molecule has 1 N–H and O–H groups in total. The molecule has 0 aliphatic rings. The van der Waals surface area contributed by atoms with Crippen molar-refractivity contribution in [3.63, 3.8) is 0 Å². The van der Waals surface area contributed by atoms with Crippen LogP contribution in [0.25, 0.3) is 0 Å². The van der Waals surface area contributed by atoms with Crippen LogP contribution >= 0.6 is 11.3 Å². The molecule has 1 atom stereocenters. The number of hydrogen-bond acceptors (Lipinski definition) is 5. The average molecular weight is 376 g/mol. The molecule has 0 radical (unpaired) electrons. The first-order valence-electron chi connectivity index (χ1n) is 8.86. The molecule has 1 heterocycles. The molecule has 0 fully saturated rings. The van der Waals surface area contributed by atoms with E-state index < -0.39 is 0 Å². The minimum Gasteiger partial charge on any atom is -0.497 e. The lowest BCUT2D eigenvalue weighted by atomic mass is 10.1. The zero-order chi connectivity index (χ0) is 19.3. The highest BCUT2D eigenvalue weighted by molar-refractivity contribution is 7.13. The Labute approximate surface area is 160 Å². The molecular weight excluding hydrogens is 346 g/mol. The van der Waals surface area contributed by atoms with Crippen molar-refractivity contribution < 1.29 is 9.53 Å². The number of nitrogens with zero attached hydrogens (tertiary/aromatic N) is 2. The third-order valence-electron chi connectivity index (χ3n) is 4.21. The highest BCUT2D eigenvalue weighted by Gasteiger charge is 2.19. The Kier molecular flexibility index (Phi) is 7.17. The van der Waals surface area contributed by atoms with E-state index in [1.807, 2.05) is 45.3 Å². The molecule has 0 aliphatic heterocycles. The number of nitrogens with one attached hydrogen (secondary N) is 1. The summed E-state index contributed by atoms with van der Waals surface area (Å²) in [6, 6.07) is 8.05. The molecule has 0 aliphatic carbocycles. The number of ether oxygens (including phenoxy) is 1. The van der Waals surface area contributed by atoms with Crippen LogP contribution in [0.2, 0.25) is 0 Å². The number of carbonyl (C=O) groups is 1. The second kappa shape index (κ2) is 9.14. The van der Waals surface area contributed by atoms with E-state index in [1.54, 1.807) is 7.11 Å². The molecule has 26 heavy (non-hydrogen) atoms. The van der Waals surface area contributed by atoms with Crippen molar-refractivity contribution >= 4 is 17.2 Å². The Balaban J connectivity index is 2.06. The number of amides is 1. The van der Waals surface area contributed by atoms with Gasteiger partial charge in [0.05, 0.1) is 23.9 Å². The van der Waals surface area contributed by atoms with Gasteiger partial charge in [-0.2, -0.15) is 0 Å². The topological polar surface area (TPSA) is 54.5 Å². The van der Waals surface area contributed by atoms with Gasteiger partial charge in [0.15, 0.2) is 0 Å². The Hall–Kier alpha value is -1.92. The number of benzene rings is 1. The number of likely N-dealkylation sites (N-methyl/N-ethyl adjacent to an activating group) is 1. The summed E-state index contributed by atoms with van der Waals surface area (Å²) in [7, 11) is 5.68. The maximum atomic E-state index is 12.6. The van der Waals surface area contributed by atoms with E-state index >= 15 is 0 Å². The van der Waals surface area contributed by atoms with Gasteiger partial charge >= 0.3 is 0 Å². The van der Waals surface area contributed by atoms with E-state index in [4.69, 9.17) is 4.74 Å². The fourth-order valence-electron chi connectivity index (χ4n) is 2.79. The molecule has 0 bridgehead atoms. The monoisotopic (exact) mass is 375 g/mol. The number of aryl methyl sites for hydroxylation is 1. The summed E-state index contributed by atoms with van der Waals surface area (Å²) in [5.41, 5.74) is 1.95. The van der Waals surface area contributed by atoms with Crippen molar-refractivity contribution in [3.8, 4) is 5.75 Å². The van der Waals surface area contributed by atoms with Gasteiger partial charge in [-0.25, -0.2) is 4.98 Å². The summed E-state index contributed by atoms with van der Waals surface area (Å²) >= 11 is 1.50. The number of thiazole rings is 1. The van der Waals surface area contributed by atoms with Gasteiger partial charge in [-0.15, -0.1) is 11.3 Å². The van der Waals surface area contributed by atoms with E-state index in [9.17, 15) is 4.79 Å². The quantitative estimate of drug-likeness (QED) is 0.764. The van der Waals surface area contributed by atoms with Gasteiger partial charge in [-0.05, 0) is 44.6 Å². The lowest BCUT2D eigenvalue weighted by Gasteiger charge is -2.25. The van der Waals surface area contributed by atoms with Crippen LogP contribution in [0.15, 0.2) is 24.3 Å². The third kappa shape index (κ3) is 5.29. The number of aromatic nitrogens is 1. The van der Waals surface area contributed by atoms with Crippen LogP contribution in [-0.2, 0) is 6.42 Å². The Bertz CT molecular complexity index is 723. The lowest BCUT2D eigenvalue weighted by molar-refractivity contribution is 0.0945.